The van der Waals surface area contributed by atoms with Crippen LogP contribution in [-0.2, 0) is 0 Å². The van der Waals surface area contributed by atoms with E-state index in [9.17, 15) is 4.91 Å². The largest absolute Gasteiger partial charge is 0.330 e. The Bertz CT molecular complexity index is 131. The molecule has 0 amide bonds. The third kappa shape index (κ3) is 3.61. The average molecular weight is 176 g/mol. The van der Waals surface area contributed by atoms with Crippen LogP contribution in [0.3, 0.4) is 0 Å². The number of hydrogen-bond donors (Lipinski definition) is 2. The van der Waals surface area contributed by atoms with E-state index in [1.54, 1.807) is 0 Å². The number of nitrogens with zero attached hydrogens (tertiary/aromatic N) is 3. The van der Waals surface area contributed by atoms with Crippen molar-refractivity contribution in [2.75, 3.05) is 13.1 Å². The Balaban J connectivity index is 3.94. The zero-order valence-electron chi connectivity index (χ0n) is 7.47. The number of rotatable bonds is 6. The molecule has 0 rings (SSSR count). The second kappa shape index (κ2) is 5.87. The van der Waals surface area contributed by atoms with E-state index in [-0.39, 0.29) is 6.04 Å². The van der Waals surface area contributed by atoms with E-state index in [1.165, 1.54) is 5.01 Å². The molecule has 6 nitrogen and oxygen atoms in total. The fourth-order valence-corrected chi connectivity index (χ4v) is 0.854. The third-order valence-electron chi connectivity index (χ3n) is 1.49. The molecule has 3 N–H and O–H groups in total. The van der Waals surface area contributed by atoms with E-state index in [2.05, 4.69) is 5.29 Å². The summed E-state index contributed by atoms with van der Waals surface area (Å²) in [4.78, 5) is 9.97. The third-order valence-corrected chi connectivity index (χ3v) is 1.49. The molecular formula is C6H16N4O2. The van der Waals surface area contributed by atoms with Gasteiger partial charge in [0.05, 0.1) is 5.29 Å². The SMILES string of the molecule is CC(C)N(CCCN)N(O)N=O. The summed E-state index contributed by atoms with van der Waals surface area (Å²) in [5, 5.41) is 13.1. The first-order chi connectivity index (χ1) is 5.63. The van der Waals surface area contributed by atoms with Crippen molar-refractivity contribution >= 4 is 0 Å². The first-order valence-corrected chi connectivity index (χ1v) is 3.92. The summed E-state index contributed by atoms with van der Waals surface area (Å²) >= 11 is 0. The van der Waals surface area contributed by atoms with E-state index >= 15 is 0 Å². The van der Waals surface area contributed by atoms with E-state index < -0.39 is 0 Å². The fourth-order valence-electron chi connectivity index (χ4n) is 0.854. The highest BCUT2D eigenvalue weighted by Crippen LogP contribution is 2.02. The monoisotopic (exact) mass is 176 g/mol. The van der Waals surface area contributed by atoms with Crippen LogP contribution in [0.5, 0.6) is 0 Å². The van der Waals surface area contributed by atoms with Crippen molar-refractivity contribution in [2.24, 2.45) is 11.0 Å². The number of nitroso groups, excluding NO2 is 1. The van der Waals surface area contributed by atoms with Gasteiger partial charge in [0.1, 0.15) is 0 Å². The van der Waals surface area contributed by atoms with Crippen molar-refractivity contribution in [3.05, 3.63) is 4.91 Å². The Labute approximate surface area is 71.8 Å². The highest BCUT2D eigenvalue weighted by molar-refractivity contribution is 4.55. The molecule has 0 aromatic rings. The van der Waals surface area contributed by atoms with Gasteiger partial charge in [-0.3, -0.25) is 5.21 Å². The zero-order chi connectivity index (χ0) is 9.56. The quantitative estimate of drug-likeness (QED) is 0.450. The maximum absolute atomic E-state index is 9.97. The topological polar surface area (TPSA) is 82.2 Å². The van der Waals surface area contributed by atoms with Gasteiger partial charge in [0.25, 0.3) is 0 Å². The summed E-state index contributed by atoms with van der Waals surface area (Å²) in [5.74, 6) is 0. The molecule has 0 saturated heterocycles. The van der Waals surface area contributed by atoms with Gasteiger partial charge in [-0.2, -0.15) is 5.01 Å². The van der Waals surface area contributed by atoms with Crippen molar-refractivity contribution in [2.45, 2.75) is 26.3 Å². The summed E-state index contributed by atoms with van der Waals surface area (Å²) in [7, 11) is 0. The minimum absolute atomic E-state index is 0.0271. The normalized spacial score (nSPS) is 10.8. The minimum Gasteiger partial charge on any atom is -0.330 e. The molecule has 12 heavy (non-hydrogen) atoms. The molecule has 0 spiro atoms. The molecule has 0 aliphatic carbocycles. The van der Waals surface area contributed by atoms with Crippen LogP contribution in [0.1, 0.15) is 20.3 Å². The molecule has 0 aliphatic heterocycles. The van der Waals surface area contributed by atoms with Crippen LogP contribution in [0.15, 0.2) is 5.29 Å². The van der Waals surface area contributed by atoms with Crippen molar-refractivity contribution in [1.29, 1.82) is 0 Å². The first kappa shape index (κ1) is 11.3. The van der Waals surface area contributed by atoms with Crippen LogP contribution in [0.4, 0.5) is 0 Å². The molecule has 0 fully saturated rings. The Morgan fingerprint density at radius 3 is 2.50 bits per heavy atom. The molecular weight excluding hydrogens is 160 g/mol. The Morgan fingerprint density at radius 1 is 1.58 bits per heavy atom. The second-order valence-electron chi connectivity index (χ2n) is 2.75. The lowest BCUT2D eigenvalue weighted by Gasteiger charge is -2.27. The number of hydrazine groups is 1. The zero-order valence-corrected chi connectivity index (χ0v) is 7.47. The van der Waals surface area contributed by atoms with Crippen molar-refractivity contribution < 1.29 is 5.21 Å². The van der Waals surface area contributed by atoms with Gasteiger partial charge in [-0.05, 0) is 26.8 Å². The molecule has 6 heteroatoms. The standard InChI is InChI=1S/C6H16N4O2/c1-6(2)9(5-3-4-7)10(12)8-11/h6,12H,3-5,7H2,1-2H3. The highest BCUT2D eigenvalue weighted by Gasteiger charge is 2.15. The van der Waals surface area contributed by atoms with Crippen LogP contribution in [0, 0.1) is 4.91 Å². The maximum atomic E-state index is 9.97. The molecule has 0 bridgehead atoms. The van der Waals surface area contributed by atoms with Gasteiger partial charge in [-0.15, -0.1) is 4.91 Å². The lowest BCUT2D eigenvalue weighted by Crippen LogP contribution is -2.42. The summed E-state index contributed by atoms with van der Waals surface area (Å²) in [6.45, 7) is 4.75. The summed E-state index contributed by atoms with van der Waals surface area (Å²) in [6.07, 6.45) is 0.713. The van der Waals surface area contributed by atoms with Gasteiger partial charge >= 0.3 is 0 Å². The van der Waals surface area contributed by atoms with E-state index in [0.29, 0.717) is 24.8 Å². The molecule has 0 saturated carbocycles. The molecule has 0 aromatic carbocycles. The smallest absolute Gasteiger partial charge is 0.0962 e. The van der Waals surface area contributed by atoms with Crippen LogP contribution in [-0.4, -0.2) is 34.6 Å². The first-order valence-electron chi connectivity index (χ1n) is 3.92. The molecule has 0 atom stereocenters. The van der Waals surface area contributed by atoms with Crippen molar-refractivity contribution in [3.8, 4) is 0 Å². The molecule has 72 valence electrons. The fraction of sp³-hybridized carbons (Fsp3) is 1.00. The van der Waals surface area contributed by atoms with Crippen LogP contribution < -0.4 is 5.73 Å². The predicted octanol–water partition coefficient (Wildman–Crippen LogP) is 0.333. The molecule has 0 heterocycles. The van der Waals surface area contributed by atoms with Gasteiger partial charge in [-0.1, -0.05) is 5.28 Å². The van der Waals surface area contributed by atoms with E-state index in [1.807, 2.05) is 13.8 Å². The lowest BCUT2D eigenvalue weighted by atomic mass is 10.3. The summed E-state index contributed by atoms with van der Waals surface area (Å²) in [6, 6.07) is 0.0271. The van der Waals surface area contributed by atoms with Gasteiger partial charge in [-0.25, -0.2) is 0 Å². The van der Waals surface area contributed by atoms with Crippen LogP contribution in [0.25, 0.3) is 0 Å². The summed E-state index contributed by atoms with van der Waals surface area (Å²) in [5.41, 5.74) is 5.28. The molecule has 0 unspecified atom stereocenters. The second-order valence-corrected chi connectivity index (χ2v) is 2.75. The van der Waals surface area contributed by atoms with Crippen molar-refractivity contribution in [1.82, 2.24) is 10.3 Å². The van der Waals surface area contributed by atoms with E-state index in [0.717, 1.165) is 0 Å². The van der Waals surface area contributed by atoms with Gasteiger partial charge in [0.15, 0.2) is 0 Å². The van der Waals surface area contributed by atoms with Crippen LogP contribution >= 0.6 is 0 Å². The Morgan fingerprint density at radius 2 is 2.17 bits per heavy atom. The Hall–Kier alpha value is -0.720. The molecule has 0 aromatic heterocycles. The van der Waals surface area contributed by atoms with Gasteiger partial charge in [0, 0.05) is 12.6 Å². The van der Waals surface area contributed by atoms with Gasteiger partial charge in [0.2, 0.25) is 0 Å². The predicted molar refractivity (Wildman–Crippen MR) is 44.9 cm³/mol. The number of nitrogens with two attached hydrogens (primary N) is 1. The van der Waals surface area contributed by atoms with Crippen LogP contribution in [0.2, 0.25) is 0 Å². The average Bonchev–Trinajstić information content (AvgIpc) is 2.04. The Kier molecular flexibility index (Phi) is 5.52. The van der Waals surface area contributed by atoms with Gasteiger partial charge < -0.3 is 5.73 Å². The molecule has 0 aliphatic rings. The highest BCUT2D eigenvalue weighted by atomic mass is 16.6. The summed E-state index contributed by atoms with van der Waals surface area (Å²) < 4.78 is 0. The van der Waals surface area contributed by atoms with Crippen molar-refractivity contribution in [3.63, 3.8) is 0 Å². The minimum atomic E-state index is 0.0271. The van der Waals surface area contributed by atoms with E-state index in [4.69, 9.17) is 10.9 Å². The maximum Gasteiger partial charge on any atom is 0.0962 e. The number of hydrogen-bond acceptors (Lipinski definition) is 5. The molecule has 0 radical (unpaired) electrons. The lowest BCUT2D eigenvalue weighted by molar-refractivity contribution is -0.260.